The lowest BCUT2D eigenvalue weighted by molar-refractivity contribution is 0.104. The third-order valence-corrected chi connectivity index (χ3v) is 4.08. The average molecular weight is 391 g/mol. The highest BCUT2D eigenvalue weighted by molar-refractivity contribution is 6.35. The van der Waals surface area contributed by atoms with Crippen LogP contribution < -0.4 is 5.63 Å². The molecule has 0 saturated heterocycles. The molecule has 3 aromatic rings. The second-order valence-corrected chi connectivity index (χ2v) is 6.27. The number of aromatic hydroxyl groups is 1. The van der Waals surface area contributed by atoms with Crippen molar-refractivity contribution in [2.24, 2.45) is 0 Å². The minimum absolute atomic E-state index is 0.210. The van der Waals surface area contributed by atoms with Crippen LogP contribution >= 0.6 is 23.2 Å². The van der Waals surface area contributed by atoms with Crippen molar-refractivity contribution in [3.05, 3.63) is 80.0 Å². The van der Waals surface area contributed by atoms with Crippen molar-refractivity contribution in [3.63, 3.8) is 0 Å². The van der Waals surface area contributed by atoms with Crippen LogP contribution in [0.1, 0.15) is 21.9 Å². The predicted molar refractivity (Wildman–Crippen MR) is 98.9 cm³/mol. The quantitative estimate of drug-likeness (QED) is 0.493. The van der Waals surface area contributed by atoms with Crippen LogP contribution in [-0.2, 0) is 0 Å². The van der Waals surface area contributed by atoms with Gasteiger partial charge in [-0.05, 0) is 49.4 Å². The Hall–Kier alpha value is -2.76. The number of rotatable bonds is 4. The standard InChI is InChI=1S/C19H12Cl2O5/c1-10-8-16(23)18(19(24)25-10)15(22)6-3-12-4-7-17(26-12)13-9-11(20)2-5-14(13)21/h2-9,23H,1H3/b6-3+. The number of halogens is 2. The molecule has 0 saturated carbocycles. The van der Waals surface area contributed by atoms with E-state index in [2.05, 4.69) is 0 Å². The van der Waals surface area contributed by atoms with Gasteiger partial charge in [0.05, 0.1) is 5.02 Å². The molecule has 0 radical (unpaired) electrons. The lowest BCUT2D eigenvalue weighted by Crippen LogP contribution is -2.12. The van der Waals surface area contributed by atoms with E-state index in [0.29, 0.717) is 27.1 Å². The van der Waals surface area contributed by atoms with Crippen LogP contribution in [0.3, 0.4) is 0 Å². The zero-order valence-electron chi connectivity index (χ0n) is 13.5. The smallest absolute Gasteiger partial charge is 0.351 e. The summed E-state index contributed by atoms with van der Waals surface area (Å²) in [7, 11) is 0. The van der Waals surface area contributed by atoms with Gasteiger partial charge in [-0.1, -0.05) is 23.2 Å². The fourth-order valence-electron chi connectivity index (χ4n) is 2.34. The molecular weight excluding hydrogens is 379 g/mol. The third kappa shape index (κ3) is 3.74. The van der Waals surface area contributed by atoms with Gasteiger partial charge in [-0.15, -0.1) is 0 Å². The number of hydrogen-bond donors (Lipinski definition) is 1. The molecule has 26 heavy (non-hydrogen) atoms. The third-order valence-electron chi connectivity index (χ3n) is 3.52. The molecule has 3 rings (SSSR count). The summed E-state index contributed by atoms with van der Waals surface area (Å²) < 4.78 is 10.5. The molecule has 132 valence electrons. The van der Waals surface area contributed by atoms with Gasteiger partial charge in [0.25, 0.3) is 0 Å². The molecule has 0 aliphatic carbocycles. The summed E-state index contributed by atoms with van der Waals surface area (Å²) in [5.74, 6) is -0.0842. The molecule has 0 spiro atoms. The van der Waals surface area contributed by atoms with Crippen molar-refractivity contribution in [2.75, 3.05) is 0 Å². The number of ketones is 1. The zero-order chi connectivity index (χ0) is 18.8. The number of benzene rings is 1. The van der Waals surface area contributed by atoms with E-state index in [9.17, 15) is 14.7 Å². The number of carbonyl (C=O) groups excluding carboxylic acids is 1. The molecule has 0 fully saturated rings. The van der Waals surface area contributed by atoms with E-state index in [0.717, 1.165) is 6.08 Å². The van der Waals surface area contributed by atoms with Gasteiger partial charge in [-0.2, -0.15) is 0 Å². The summed E-state index contributed by atoms with van der Waals surface area (Å²) in [6, 6.07) is 9.49. The van der Waals surface area contributed by atoms with Crippen molar-refractivity contribution in [3.8, 4) is 17.1 Å². The highest BCUT2D eigenvalue weighted by Gasteiger charge is 2.16. The van der Waals surface area contributed by atoms with E-state index in [-0.39, 0.29) is 5.76 Å². The number of allylic oxidation sites excluding steroid dienone is 1. The molecule has 2 heterocycles. The van der Waals surface area contributed by atoms with Gasteiger partial charge in [0.2, 0.25) is 0 Å². The molecule has 0 aliphatic heterocycles. The first kappa shape index (κ1) is 18.0. The number of aryl methyl sites for hydroxylation is 1. The van der Waals surface area contributed by atoms with Gasteiger partial charge >= 0.3 is 5.63 Å². The maximum atomic E-state index is 12.2. The van der Waals surface area contributed by atoms with Gasteiger partial charge in [0.15, 0.2) is 5.78 Å². The maximum absolute atomic E-state index is 12.2. The Labute approximate surface area is 158 Å². The number of carbonyl (C=O) groups is 1. The molecule has 1 aromatic carbocycles. The van der Waals surface area contributed by atoms with Crippen molar-refractivity contribution < 1.29 is 18.7 Å². The van der Waals surface area contributed by atoms with Crippen LogP contribution in [-0.4, -0.2) is 10.9 Å². The fourth-order valence-corrected chi connectivity index (χ4v) is 2.72. The van der Waals surface area contributed by atoms with Gasteiger partial charge in [0, 0.05) is 16.7 Å². The van der Waals surface area contributed by atoms with Gasteiger partial charge in [-0.3, -0.25) is 4.79 Å². The Morgan fingerprint density at radius 1 is 1.12 bits per heavy atom. The first-order chi connectivity index (χ1) is 12.3. The van der Waals surface area contributed by atoms with Gasteiger partial charge < -0.3 is 13.9 Å². The van der Waals surface area contributed by atoms with Crippen molar-refractivity contribution in [2.45, 2.75) is 6.92 Å². The van der Waals surface area contributed by atoms with E-state index in [1.807, 2.05) is 0 Å². The Morgan fingerprint density at radius 3 is 2.62 bits per heavy atom. The largest absolute Gasteiger partial charge is 0.507 e. The molecular formula is C19H12Cl2O5. The minimum atomic E-state index is -0.900. The summed E-state index contributed by atoms with van der Waals surface area (Å²) in [6.45, 7) is 1.50. The van der Waals surface area contributed by atoms with Crippen LogP contribution in [0.15, 0.2) is 56.1 Å². The zero-order valence-corrected chi connectivity index (χ0v) is 15.0. The molecule has 0 aliphatic rings. The highest BCUT2D eigenvalue weighted by atomic mass is 35.5. The first-order valence-corrected chi connectivity index (χ1v) is 8.22. The number of furan rings is 1. The van der Waals surface area contributed by atoms with Crippen LogP contribution in [0, 0.1) is 6.92 Å². The molecule has 7 heteroatoms. The van der Waals surface area contributed by atoms with Crippen molar-refractivity contribution in [1.82, 2.24) is 0 Å². The Kier molecular flexibility index (Phi) is 5.02. The van der Waals surface area contributed by atoms with Crippen LogP contribution in [0.25, 0.3) is 17.4 Å². The topological polar surface area (TPSA) is 80.6 Å². The summed E-state index contributed by atoms with van der Waals surface area (Å²) in [5.41, 5.74) is -0.721. The first-order valence-electron chi connectivity index (χ1n) is 7.46. The molecule has 0 atom stereocenters. The lowest BCUT2D eigenvalue weighted by Gasteiger charge is -2.01. The van der Waals surface area contributed by atoms with E-state index in [4.69, 9.17) is 32.0 Å². The van der Waals surface area contributed by atoms with Gasteiger partial charge in [0.1, 0.15) is 28.6 Å². The molecule has 0 bridgehead atoms. The summed E-state index contributed by atoms with van der Waals surface area (Å²) in [4.78, 5) is 23.9. The van der Waals surface area contributed by atoms with Crippen molar-refractivity contribution >= 4 is 35.1 Å². The summed E-state index contributed by atoms with van der Waals surface area (Å²) in [5, 5.41) is 10.8. The van der Waals surface area contributed by atoms with Crippen molar-refractivity contribution in [1.29, 1.82) is 0 Å². The molecule has 0 unspecified atom stereocenters. The lowest BCUT2D eigenvalue weighted by atomic mass is 10.1. The highest BCUT2D eigenvalue weighted by Crippen LogP contribution is 2.32. The average Bonchev–Trinajstić information content (AvgIpc) is 3.03. The van der Waals surface area contributed by atoms with Crippen LogP contribution in [0.5, 0.6) is 5.75 Å². The SMILES string of the molecule is Cc1cc(O)c(C(=O)/C=C/c2ccc(-c3cc(Cl)ccc3Cl)o2)c(=O)o1. The Balaban J connectivity index is 1.87. The summed E-state index contributed by atoms with van der Waals surface area (Å²) >= 11 is 12.1. The van der Waals surface area contributed by atoms with Crippen LogP contribution in [0.2, 0.25) is 10.0 Å². The predicted octanol–water partition coefficient (Wildman–Crippen LogP) is 5.12. The Morgan fingerprint density at radius 2 is 1.88 bits per heavy atom. The van der Waals surface area contributed by atoms with E-state index < -0.39 is 22.7 Å². The van der Waals surface area contributed by atoms with E-state index >= 15 is 0 Å². The molecule has 0 amide bonds. The maximum Gasteiger partial charge on any atom is 0.351 e. The summed E-state index contributed by atoms with van der Waals surface area (Å²) in [6.07, 6.45) is 2.49. The monoisotopic (exact) mass is 390 g/mol. The minimum Gasteiger partial charge on any atom is -0.507 e. The van der Waals surface area contributed by atoms with Gasteiger partial charge in [-0.25, -0.2) is 4.79 Å². The number of hydrogen-bond acceptors (Lipinski definition) is 5. The van der Waals surface area contributed by atoms with E-state index in [1.165, 1.54) is 19.1 Å². The van der Waals surface area contributed by atoms with E-state index in [1.54, 1.807) is 30.3 Å². The molecule has 2 aromatic heterocycles. The Bertz CT molecular complexity index is 1080. The fraction of sp³-hybridized carbons (Fsp3) is 0.0526. The normalized spacial score (nSPS) is 11.2. The second-order valence-electron chi connectivity index (χ2n) is 5.43. The molecule has 5 nitrogen and oxygen atoms in total. The molecule has 1 N–H and O–H groups in total. The second kappa shape index (κ2) is 7.23. The van der Waals surface area contributed by atoms with Crippen LogP contribution in [0.4, 0.5) is 0 Å².